The van der Waals surface area contributed by atoms with Crippen molar-refractivity contribution < 1.29 is 4.79 Å². The van der Waals surface area contributed by atoms with Crippen LogP contribution >= 0.6 is 11.6 Å². The van der Waals surface area contributed by atoms with Crippen LogP contribution in [-0.2, 0) is 0 Å². The number of pyridine rings is 1. The van der Waals surface area contributed by atoms with E-state index in [1.54, 1.807) is 6.07 Å². The third kappa shape index (κ3) is 4.30. The Hall–Kier alpha value is -1.37. The summed E-state index contributed by atoms with van der Waals surface area (Å²) in [6.45, 7) is 4.98. The minimum Gasteiger partial charge on any atom is -0.350 e. The van der Waals surface area contributed by atoms with E-state index in [4.69, 9.17) is 17.4 Å². The van der Waals surface area contributed by atoms with E-state index in [2.05, 4.69) is 27.6 Å². The van der Waals surface area contributed by atoms with Gasteiger partial charge in [0.2, 0.25) is 0 Å². The largest absolute Gasteiger partial charge is 0.350 e. The lowest BCUT2D eigenvalue weighted by molar-refractivity contribution is 0.0929. The number of hydrazine groups is 1. The SMILES string of the molecule is CC(CNC(=O)c1cnc(NN)c(Cl)c1)N1CCCCC1. The number of nitrogens with two attached hydrogens (primary N) is 1. The minimum absolute atomic E-state index is 0.170. The molecule has 1 aliphatic heterocycles. The fourth-order valence-electron chi connectivity index (χ4n) is 2.50. The summed E-state index contributed by atoms with van der Waals surface area (Å²) in [7, 11) is 0. The van der Waals surface area contributed by atoms with Crippen LogP contribution in [0.15, 0.2) is 12.3 Å². The Labute approximate surface area is 130 Å². The van der Waals surface area contributed by atoms with Gasteiger partial charge in [-0.15, -0.1) is 0 Å². The number of carbonyl (C=O) groups is 1. The smallest absolute Gasteiger partial charge is 0.252 e. The molecule has 1 saturated heterocycles. The molecule has 2 heterocycles. The molecule has 2 rings (SSSR count). The monoisotopic (exact) mass is 311 g/mol. The molecule has 1 fully saturated rings. The number of nitrogen functional groups attached to an aromatic ring is 1. The van der Waals surface area contributed by atoms with Gasteiger partial charge in [0.15, 0.2) is 5.82 Å². The van der Waals surface area contributed by atoms with Gasteiger partial charge in [0, 0.05) is 18.8 Å². The lowest BCUT2D eigenvalue weighted by atomic mass is 10.1. The van der Waals surface area contributed by atoms with Gasteiger partial charge in [0.1, 0.15) is 0 Å². The predicted octanol–water partition coefficient (Wildman–Crippen LogP) is 1.62. The number of nitrogens with one attached hydrogen (secondary N) is 2. The highest BCUT2D eigenvalue weighted by molar-refractivity contribution is 6.33. The zero-order valence-electron chi connectivity index (χ0n) is 12.2. The summed E-state index contributed by atoms with van der Waals surface area (Å²) < 4.78 is 0. The topological polar surface area (TPSA) is 83.3 Å². The zero-order valence-corrected chi connectivity index (χ0v) is 13.0. The number of anilines is 1. The third-order valence-electron chi connectivity index (χ3n) is 3.81. The molecule has 7 heteroatoms. The zero-order chi connectivity index (χ0) is 15.2. The van der Waals surface area contributed by atoms with Gasteiger partial charge >= 0.3 is 0 Å². The molecule has 1 aromatic rings. The molecule has 1 unspecified atom stereocenters. The molecule has 1 atom stereocenters. The molecule has 0 aliphatic carbocycles. The van der Waals surface area contributed by atoms with Crippen molar-refractivity contribution in [2.45, 2.75) is 32.2 Å². The molecule has 0 spiro atoms. The second-order valence-electron chi connectivity index (χ2n) is 5.35. The van der Waals surface area contributed by atoms with Crippen LogP contribution in [-0.4, -0.2) is 41.5 Å². The summed E-state index contributed by atoms with van der Waals surface area (Å²) >= 11 is 5.96. The molecule has 0 radical (unpaired) electrons. The number of hydrogen-bond donors (Lipinski definition) is 3. The Morgan fingerprint density at radius 3 is 2.81 bits per heavy atom. The molecule has 0 bridgehead atoms. The van der Waals surface area contributed by atoms with Crippen molar-refractivity contribution in [3.8, 4) is 0 Å². The van der Waals surface area contributed by atoms with E-state index in [-0.39, 0.29) is 5.91 Å². The maximum Gasteiger partial charge on any atom is 0.252 e. The first kappa shape index (κ1) is 16.0. The number of likely N-dealkylation sites (tertiary alicyclic amines) is 1. The number of carbonyl (C=O) groups excluding carboxylic acids is 1. The predicted molar refractivity (Wildman–Crippen MR) is 84.3 cm³/mol. The van der Waals surface area contributed by atoms with Crippen LogP contribution < -0.4 is 16.6 Å². The summed E-state index contributed by atoms with van der Waals surface area (Å²) in [5, 5.41) is 3.26. The highest BCUT2D eigenvalue weighted by Gasteiger charge is 2.17. The quantitative estimate of drug-likeness (QED) is 0.568. The van der Waals surface area contributed by atoms with Crippen LogP contribution in [0, 0.1) is 0 Å². The van der Waals surface area contributed by atoms with Crippen molar-refractivity contribution in [1.29, 1.82) is 0 Å². The molecular formula is C14H22ClN5O. The standard InChI is InChI=1S/C14H22ClN5O/c1-10(20-5-3-2-4-6-20)8-18-14(21)11-7-12(15)13(19-16)17-9-11/h7,9-10H,2-6,8,16H2,1H3,(H,17,19)(H,18,21). The number of rotatable bonds is 5. The molecule has 1 aromatic heterocycles. The van der Waals surface area contributed by atoms with Gasteiger partial charge in [-0.1, -0.05) is 18.0 Å². The van der Waals surface area contributed by atoms with Crippen molar-refractivity contribution in [2.75, 3.05) is 25.1 Å². The Morgan fingerprint density at radius 2 is 2.19 bits per heavy atom. The van der Waals surface area contributed by atoms with Crippen LogP contribution in [0.4, 0.5) is 5.82 Å². The van der Waals surface area contributed by atoms with Crippen molar-refractivity contribution in [3.63, 3.8) is 0 Å². The molecule has 116 valence electrons. The first-order valence-corrected chi connectivity index (χ1v) is 7.64. The maximum atomic E-state index is 12.1. The van der Waals surface area contributed by atoms with Crippen molar-refractivity contribution in [2.24, 2.45) is 5.84 Å². The van der Waals surface area contributed by atoms with Crippen LogP contribution in [0.3, 0.4) is 0 Å². The molecule has 0 aromatic carbocycles. The highest BCUT2D eigenvalue weighted by atomic mass is 35.5. The van der Waals surface area contributed by atoms with Gasteiger partial charge in [-0.25, -0.2) is 10.8 Å². The molecule has 0 saturated carbocycles. The molecular weight excluding hydrogens is 290 g/mol. The fourth-order valence-corrected chi connectivity index (χ4v) is 2.72. The lowest BCUT2D eigenvalue weighted by Gasteiger charge is -2.32. The Bertz CT molecular complexity index is 490. The Balaban J connectivity index is 1.87. The number of hydrogen-bond acceptors (Lipinski definition) is 5. The van der Waals surface area contributed by atoms with E-state index < -0.39 is 0 Å². The average molecular weight is 312 g/mol. The Kier molecular flexibility index (Phi) is 5.78. The summed E-state index contributed by atoms with van der Waals surface area (Å²) in [5.74, 6) is 5.44. The van der Waals surface area contributed by atoms with E-state index in [0.29, 0.717) is 29.0 Å². The number of aromatic nitrogens is 1. The van der Waals surface area contributed by atoms with Gasteiger partial charge in [-0.2, -0.15) is 0 Å². The summed E-state index contributed by atoms with van der Waals surface area (Å²) in [6.07, 6.45) is 5.25. The second-order valence-corrected chi connectivity index (χ2v) is 5.76. The molecule has 1 amide bonds. The van der Waals surface area contributed by atoms with E-state index >= 15 is 0 Å². The van der Waals surface area contributed by atoms with E-state index in [9.17, 15) is 4.79 Å². The normalized spacial score (nSPS) is 17.3. The number of amides is 1. The van der Waals surface area contributed by atoms with Gasteiger partial charge in [-0.05, 0) is 38.9 Å². The molecule has 21 heavy (non-hydrogen) atoms. The van der Waals surface area contributed by atoms with Crippen LogP contribution in [0.25, 0.3) is 0 Å². The Morgan fingerprint density at radius 1 is 1.48 bits per heavy atom. The van der Waals surface area contributed by atoms with E-state index in [0.717, 1.165) is 13.1 Å². The second kappa shape index (κ2) is 7.59. The van der Waals surface area contributed by atoms with Crippen LogP contribution in [0.5, 0.6) is 0 Å². The lowest BCUT2D eigenvalue weighted by Crippen LogP contribution is -2.44. The van der Waals surface area contributed by atoms with Gasteiger partial charge in [0.25, 0.3) is 5.91 Å². The fraction of sp³-hybridized carbons (Fsp3) is 0.571. The maximum absolute atomic E-state index is 12.1. The molecule has 1 aliphatic rings. The van der Waals surface area contributed by atoms with Crippen molar-refractivity contribution >= 4 is 23.3 Å². The van der Waals surface area contributed by atoms with Crippen LogP contribution in [0.1, 0.15) is 36.5 Å². The average Bonchev–Trinajstić information content (AvgIpc) is 2.53. The number of nitrogens with zero attached hydrogens (tertiary/aromatic N) is 2. The molecule has 4 N–H and O–H groups in total. The van der Waals surface area contributed by atoms with E-state index in [1.165, 1.54) is 25.5 Å². The minimum atomic E-state index is -0.170. The van der Waals surface area contributed by atoms with Gasteiger partial charge in [0.05, 0.1) is 10.6 Å². The van der Waals surface area contributed by atoms with Crippen molar-refractivity contribution in [3.05, 3.63) is 22.8 Å². The number of piperidine rings is 1. The summed E-state index contributed by atoms with van der Waals surface area (Å²) in [5.41, 5.74) is 2.81. The van der Waals surface area contributed by atoms with Gasteiger partial charge < -0.3 is 10.7 Å². The summed E-state index contributed by atoms with van der Waals surface area (Å²) in [6, 6.07) is 1.90. The first-order chi connectivity index (χ1) is 10.1. The van der Waals surface area contributed by atoms with Crippen LogP contribution in [0.2, 0.25) is 5.02 Å². The van der Waals surface area contributed by atoms with E-state index in [1.807, 2.05) is 0 Å². The third-order valence-corrected chi connectivity index (χ3v) is 4.10. The molecule has 6 nitrogen and oxygen atoms in total. The number of halogens is 1. The summed E-state index contributed by atoms with van der Waals surface area (Å²) in [4.78, 5) is 18.5. The van der Waals surface area contributed by atoms with Crippen molar-refractivity contribution in [1.82, 2.24) is 15.2 Å². The first-order valence-electron chi connectivity index (χ1n) is 7.26. The van der Waals surface area contributed by atoms with Gasteiger partial charge in [-0.3, -0.25) is 9.69 Å². The highest BCUT2D eigenvalue weighted by Crippen LogP contribution is 2.19.